The van der Waals surface area contributed by atoms with Crippen LogP contribution in [0, 0.1) is 17.5 Å². The highest BCUT2D eigenvalue weighted by Gasteiger charge is 2.58. The van der Waals surface area contributed by atoms with Gasteiger partial charge in [0, 0.05) is 48.7 Å². The molecule has 7 rings (SSSR count). The van der Waals surface area contributed by atoms with Gasteiger partial charge in [0.1, 0.15) is 19.5 Å². The lowest BCUT2D eigenvalue weighted by atomic mass is 9.77. The third-order valence-corrected chi connectivity index (χ3v) is 12.9. The van der Waals surface area contributed by atoms with Gasteiger partial charge in [0.2, 0.25) is 0 Å². The van der Waals surface area contributed by atoms with Gasteiger partial charge in [-0.3, -0.25) is 0 Å². The number of ether oxygens (including phenoxy) is 1. The molecule has 3 aromatic carbocycles. The second-order valence-corrected chi connectivity index (χ2v) is 16.5. The maximum Gasteiger partial charge on any atom is 0.186 e. The smallest absolute Gasteiger partial charge is 0.186 e. The van der Waals surface area contributed by atoms with E-state index in [0.717, 1.165) is 60.8 Å². The van der Waals surface area contributed by atoms with Crippen molar-refractivity contribution in [3.05, 3.63) is 81.7 Å². The fourth-order valence-corrected chi connectivity index (χ4v) is 10.2. The molecular weight excluding hydrogens is 517 g/mol. The van der Waals surface area contributed by atoms with E-state index in [4.69, 9.17) is 4.74 Å². The quantitative estimate of drug-likeness (QED) is 0.364. The number of hydrogen-bond acceptors (Lipinski definition) is 4. The Labute approximate surface area is 228 Å². The van der Waals surface area contributed by atoms with Crippen LogP contribution in [-0.4, -0.2) is 39.4 Å². The Morgan fingerprint density at radius 3 is 1.79 bits per heavy atom. The molecule has 3 aromatic rings. The minimum Gasteiger partial charge on any atom is -0.371 e. The van der Waals surface area contributed by atoms with Gasteiger partial charge in [-0.2, -0.15) is 0 Å². The first-order valence-corrected chi connectivity index (χ1v) is 16.9. The summed E-state index contributed by atoms with van der Waals surface area (Å²) in [7, 11) is -2.38. The number of aliphatic hydroxyl groups excluding tert-OH is 1. The van der Waals surface area contributed by atoms with Gasteiger partial charge in [-0.05, 0) is 64.5 Å². The summed E-state index contributed by atoms with van der Waals surface area (Å²) >= 11 is 0. The van der Waals surface area contributed by atoms with Crippen molar-refractivity contribution in [2.24, 2.45) is 0 Å². The fourth-order valence-electron chi connectivity index (χ4n) is 7.01. The molecule has 0 radical (unpaired) electrons. The maximum atomic E-state index is 16.6. The van der Waals surface area contributed by atoms with Crippen LogP contribution in [-0.2, 0) is 10.3 Å². The van der Waals surface area contributed by atoms with Crippen LogP contribution >= 0.6 is 0 Å². The molecule has 1 N–H and O–H groups in total. The van der Waals surface area contributed by atoms with E-state index in [1.165, 1.54) is 0 Å². The second kappa shape index (κ2) is 8.35. The maximum absolute atomic E-state index is 16.6. The van der Waals surface area contributed by atoms with Crippen LogP contribution in [0.5, 0.6) is 0 Å². The van der Waals surface area contributed by atoms with E-state index < -0.39 is 48.9 Å². The van der Waals surface area contributed by atoms with Crippen molar-refractivity contribution in [2.45, 2.75) is 57.6 Å². The van der Waals surface area contributed by atoms with E-state index in [2.05, 4.69) is 35.0 Å². The third kappa shape index (κ3) is 3.19. The molecule has 1 atom stereocenters. The van der Waals surface area contributed by atoms with E-state index in [1.807, 2.05) is 24.3 Å². The summed E-state index contributed by atoms with van der Waals surface area (Å²) < 4.78 is 53.8. The highest BCUT2D eigenvalue weighted by Crippen LogP contribution is 2.55. The van der Waals surface area contributed by atoms with Crippen molar-refractivity contribution in [1.82, 2.24) is 0 Å². The van der Waals surface area contributed by atoms with Gasteiger partial charge >= 0.3 is 0 Å². The molecule has 4 aliphatic rings. The lowest BCUT2D eigenvalue weighted by Crippen LogP contribution is -2.63. The SMILES string of the molecule is CC(C)c1c(F)c(F)c2c(c1F)C1(OC2O)c2ccc(N3CCC3)cc2[Si](C)(C)c2cc(N3CCC3)ccc21. The van der Waals surface area contributed by atoms with E-state index >= 15 is 13.2 Å². The van der Waals surface area contributed by atoms with Gasteiger partial charge in [0.05, 0.1) is 5.56 Å². The average Bonchev–Trinajstić information content (AvgIpc) is 3.13. The van der Waals surface area contributed by atoms with Crippen LogP contribution in [0.2, 0.25) is 13.1 Å². The first kappa shape index (κ1) is 25.2. The van der Waals surface area contributed by atoms with Crippen molar-refractivity contribution in [3.63, 3.8) is 0 Å². The van der Waals surface area contributed by atoms with Crippen molar-refractivity contribution in [2.75, 3.05) is 36.0 Å². The third-order valence-electron chi connectivity index (χ3n) is 9.41. The number of benzene rings is 3. The van der Waals surface area contributed by atoms with Crippen LogP contribution in [0.4, 0.5) is 24.5 Å². The Morgan fingerprint density at radius 2 is 1.36 bits per heavy atom. The minimum atomic E-state index is -2.38. The Kier molecular flexibility index (Phi) is 5.39. The summed E-state index contributed by atoms with van der Waals surface area (Å²) in [6.45, 7) is 11.8. The molecule has 0 bridgehead atoms. The zero-order chi connectivity index (χ0) is 27.4. The number of rotatable bonds is 3. The molecule has 4 aliphatic heterocycles. The van der Waals surface area contributed by atoms with Gasteiger partial charge in [0.25, 0.3) is 0 Å². The number of fused-ring (bicyclic) bond motifs is 6. The molecule has 204 valence electrons. The number of nitrogens with zero attached hydrogens (tertiary/aromatic N) is 2. The molecule has 39 heavy (non-hydrogen) atoms. The van der Waals surface area contributed by atoms with Gasteiger partial charge in [-0.1, -0.05) is 39.1 Å². The topological polar surface area (TPSA) is 35.9 Å². The number of aliphatic hydroxyl groups is 1. The highest BCUT2D eigenvalue weighted by atomic mass is 28.3. The fraction of sp³-hybridized carbons (Fsp3) is 0.419. The largest absolute Gasteiger partial charge is 0.371 e. The monoisotopic (exact) mass is 550 g/mol. The van der Waals surface area contributed by atoms with Gasteiger partial charge in [-0.15, -0.1) is 0 Å². The molecule has 8 heteroatoms. The van der Waals surface area contributed by atoms with E-state index in [0.29, 0.717) is 11.1 Å². The molecule has 0 aromatic heterocycles. The molecule has 0 saturated carbocycles. The van der Waals surface area contributed by atoms with E-state index in [1.54, 1.807) is 13.8 Å². The zero-order valence-corrected chi connectivity index (χ0v) is 23.7. The van der Waals surface area contributed by atoms with Gasteiger partial charge < -0.3 is 19.6 Å². The predicted octanol–water partition coefficient (Wildman–Crippen LogP) is 5.10. The van der Waals surface area contributed by atoms with Crippen LogP contribution in [0.1, 0.15) is 66.7 Å². The van der Waals surface area contributed by atoms with Crippen LogP contribution < -0.4 is 20.2 Å². The molecular formula is C31H33F3N2O2Si. The van der Waals surface area contributed by atoms with Crippen LogP contribution in [0.3, 0.4) is 0 Å². The summed E-state index contributed by atoms with van der Waals surface area (Å²) in [5.41, 5.74) is 1.18. The molecule has 4 heterocycles. The highest BCUT2D eigenvalue weighted by molar-refractivity contribution is 7.01. The van der Waals surface area contributed by atoms with Gasteiger partial charge in [-0.25, -0.2) is 13.2 Å². The summed E-state index contributed by atoms with van der Waals surface area (Å²) in [6, 6.07) is 12.3. The van der Waals surface area contributed by atoms with Crippen molar-refractivity contribution >= 4 is 29.8 Å². The van der Waals surface area contributed by atoms with Crippen molar-refractivity contribution < 1.29 is 23.0 Å². The van der Waals surface area contributed by atoms with Gasteiger partial charge in [0.15, 0.2) is 17.9 Å². The Bertz CT molecular complexity index is 1460. The van der Waals surface area contributed by atoms with E-state index in [-0.39, 0.29) is 11.1 Å². The van der Waals surface area contributed by atoms with Crippen molar-refractivity contribution in [1.29, 1.82) is 0 Å². The second-order valence-electron chi connectivity index (χ2n) is 12.2. The van der Waals surface area contributed by atoms with Crippen LogP contribution in [0.25, 0.3) is 0 Å². The molecule has 0 amide bonds. The molecule has 1 unspecified atom stereocenters. The summed E-state index contributed by atoms with van der Waals surface area (Å²) in [6.07, 6.45) is 0.472. The number of anilines is 2. The molecule has 1 spiro atoms. The summed E-state index contributed by atoms with van der Waals surface area (Å²) in [4.78, 5) is 4.63. The molecule has 2 fully saturated rings. The molecule has 0 aliphatic carbocycles. The lowest BCUT2D eigenvalue weighted by Gasteiger charge is -2.46. The zero-order valence-electron chi connectivity index (χ0n) is 22.7. The lowest BCUT2D eigenvalue weighted by molar-refractivity contribution is -0.141. The van der Waals surface area contributed by atoms with E-state index in [9.17, 15) is 5.11 Å². The first-order chi connectivity index (χ1) is 18.6. The normalized spacial score (nSPS) is 21.9. The number of halogens is 3. The minimum absolute atomic E-state index is 0.0991. The number of hydrogen-bond donors (Lipinski definition) is 1. The summed E-state index contributed by atoms with van der Waals surface area (Å²) in [5, 5.41) is 13.2. The Balaban J connectivity index is 1.58. The summed E-state index contributed by atoms with van der Waals surface area (Å²) in [5.74, 6) is -3.94. The molecule has 4 nitrogen and oxygen atoms in total. The molecule has 2 saturated heterocycles. The standard InChI is InChI=1S/C31H33F3N2O2Si/c1-17(2)24-27(32)26-25(29(34)28(24)33)30(37)38-31(26)20-9-7-18(35-11-5-12-35)15-22(20)39(3,4)23-16-19(8-10-21(23)31)36-13-6-14-36/h7-10,15-17,30,37H,5-6,11-14H2,1-4H3. The predicted molar refractivity (Wildman–Crippen MR) is 150 cm³/mol. The Morgan fingerprint density at radius 1 is 0.846 bits per heavy atom. The van der Waals surface area contributed by atoms with Crippen molar-refractivity contribution in [3.8, 4) is 0 Å². The Hall–Kier alpha value is -2.81. The van der Waals surface area contributed by atoms with Crippen LogP contribution in [0.15, 0.2) is 36.4 Å². The average molecular weight is 551 g/mol. The first-order valence-electron chi connectivity index (χ1n) is 13.9.